The topological polar surface area (TPSA) is 46.3 Å². The minimum absolute atomic E-state index is 0.250. The zero-order valence-corrected chi connectivity index (χ0v) is 6.24. The number of hydrogen-bond acceptors (Lipinski definition) is 3. The lowest BCUT2D eigenvalue weighted by molar-refractivity contribution is 0.178. The minimum Gasteiger partial charge on any atom is -0.337 e. The molecule has 0 bridgehead atoms. The molecule has 2 atom stereocenters. The number of rotatable bonds is 2. The van der Waals surface area contributed by atoms with Crippen molar-refractivity contribution in [2.24, 2.45) is 5.73 Å². The molecule has 1 heterocycles. The third-order valence-corrected chi connectivity index (χ3v) is 1.89. The predicted molar refractivity (Wildman–Crippen MR) is 41.6 cm³/mol. The number of piperidine rings is 1. The zero-order chi connectivity index (χ0) is 8.27. The number of hydrogen-bond donors (Lipinski definition) is 1. The van der Waals surface area contributed by atoms with Crippen LogP contribution in [-0.4, -0.2) is 43.7 Å². The maximum atomic E-state index is 12.8. The lowest BCUT2D eigenvalue weighted by Gasteiger charge is -2.31. The average molecular weight is 157 g/mol. The normalized spacial score (nSPS) is 33.3. The Hall–Kier alpha value is -0.415. The Bertz CT molecular complexity index is 147. The molecule has 1 aliphatic heterocycles. The Morgan fingerprint density at radius 2 is 2.45 bits per heavy atom. The first kappa shape index (κ1) is 8.68. The zero-order valence-electron chi connectivity index (χ0n) is 6.24. The molecule has 0 aromatic heterocycles. The predicted octanol–water partition coefficient (Wildman–Crippen LogP) is -0.833. The van der Waals surface area contributed by atoms with Gasteiger partial charge in [0.15, 0.2) is 0 Å². The van der Waals surface area contributed by atoms with Crippen molar-refractivity contribution in [2.75, 3.05) is 13.1 Å². The molecule has 0 aromatic rings. The van der Waals surface area contributed by atoms with Crippen LogP contribution in [0, 0.1) is 0 Å². The second-order valence-electron chi connectivity index (χ2n) is 2.75. The van der Waals surface area contributed by atoms with Gasteiger partial charge >= 0.3 is 0 Å². The lowest BCUT2D eigenvalue weighted by atomic mass is 9.89. The highest BCUT2D eigenvalue weighted by atomic mass is 19.1. The smallest absolute Gasteiger partial charge is 0.293 e. The van der Waals surface area contributed by atoms with Crippen LogP contribution in [0.2, 0.25) is 0 Å². The lowest BCUT2D eigenvalue weighted by Crippen LogP contribution is -2.49. The van der Waals surface area contributed by atoms with Crippen molar-refractivity contribution in [2.45, 2.75) is 18.6 Å². The van der Waals surface area contributed by atoms with E-state index in [0.29, 0.717) is 19.2 Å². The maximum absolute atomic E-state index is 12.8. The van der Waals surface area contributed by atoms with Crippen LogP contribution in [0.25, 0.3) is 0 Å². The van der Waals surface area contributed by atoms with Crippen LogP contribution < -0.4 is 5.73 Å². The summed E-state index contributed by atoms with van der Waals surface area (Å²) in [5, 5.41) is 0. The Morgan fingerprint density at radius 3 is 3.00 bits per heavy atom. The molecule has 0 aliphatic carbocycles. The van der Waals surface area contributed by atoms with Gasteiger partial charge in [-0.3, -0.25) is 0 Å². The van der Waals surface area contributed by atoms with Crippen molar-refractivity contribution in [3.8, 4) is 0 Å². The highest BCUT2D eigenvalue weighted by molar-refractivity contribution is 6.64. The number of carbonyl (C=O) groups excluding carboxylic acids is 1. The molecule has 2 N–H and O–H groups in total. The van der Waals surface area contributed by atoms with Crippen LogP contribution in [0.1, 0.15) is 6.42 Å². The molecule has 1 aliphatic rings. The van der Waals surface area contributed by atoms with E-state index in [2.05, 4.69) is 0 Å². The number of carbonyl (C=O) groups is 1. The Balaban J connectivity index is 2.33. The highest BCUT2D eigenvalue weighted by Crippen LogP contribution is 2.10. The van der Waals surface area contributed by atoms with Gasteiger partial charge in [-0.2, -0.15) is 0 Å². The highest BCUT2D eigenvalue weighted by Gasteiger charge is 2.25. The van der Waals surface area contributed by atoms with Gasteiger partial charge in [0.25, 0.3) is 7.41 Å². The molecule has 1 saturated heterocycles. The van der Waals surface area contributed by atoms with Crippen LogP contribution in [0.5, 0.6) is 0 Å². The molecule has 1 rings (SSSR count). The molecule has 11 heavy (non-hydrogen) atoms. The maximum Gasteiger partial charge on any atom is 0.293 e. The number of nitrogens with zero attached hydrogens (tertiary/aromatic N) is 1. The first-order valence-corrected chi connectivity index (χ1v) is 3.66. The molecular weight excluding hydrogens is 146 g/mol. The second-order valence-corrected chi connectivity index (χ2v) is 2.75. The standard InChI is InChI=1S/C6H11BFN2O/c8-5-3-10(7-4-11)2-1-6(5)9/h4-6H,1-3,9H2/t5-,6-/m0/s1. The van der Waals surface area contributed by atoms with Crippen molar-refractivity contribution in [3.05, 3.63) is 0 Å². The third-order valence-electron chi connectivity index (χ3n) is 1.89. The monoisotopic (exact) mass is 157 g/mol. The van der Waals surface area contributed by atoms with Crippen molar-refractivity contribution < 1.29 is 9.18 Å². The van der Waals surface area contributed by atoms with Crippen LogP contribution >= 0.6 is 0 Å². The number of halogens is 1. The van der Waals surface area contributed by atoms with Crippen LogP contribution in [0.4, 0.5) is 4.39 Å². The molecule has 0 spiro atoms. The summed E-state index contributed by atoms with van der Waals surface area (Å²) < 4.78 is 12.8. The van der Waals surface area contributed by atoms with Gasteiger partial charge in [0.05, 0.1) is 6.19 Å². The summed E-state index contributed by atoms with van der Waals surface area (Å²) in [6.07, 6.45) is 0.287. The summed E-state index contributed by atoms with van der Waals surface area (Å²) in [7, 11) is 1.36. The van der Waals surface area contributed by atoms with Crippen LogP contribution in [-0.2, 0) is 4.79 Å². The fourth-order valence-corrected chi connectivity index (χ4v) is 1.17. The molecular formula is C6H11BFN2O. The Labute approximate surface area is 66.0 Å². The second kappa shape index (κ2) is 3.83. The van der Waals surface area contributed by atoms with E-state index in [1.54, 1.807) is 4.81 Å². The number of nitrogens with two attached hydrogens (primary N) is 1. The van der Waals surface area contributed by atoms with Crippen molar-refractivity contribution >= 4 is 13.6 Å². The van der Waals surface area contributed by atoms with E-state index in [0.717, 1.165) is 0 Å². The average Bonchev–Trinajstić information content (AvgIpc) is 1.98. The van der Waals surface area contributed by atoms with Crippen LogP contribution in [0.3, 0.4) is 0 Å². The first-order valence-electron chi connectivity index (χ1n) is 3.66. The fraction of sp³-hybridized carbons (Fsp3) is 0.833. The summed E-state index contributed by atoms with van der Waals surface area (Å²) >= 11 is 0. The Morgan fingerprint density at radius 1 is 1.73 bits per heavy atom. The molecule has 61 valence electrons. The molecule has 0 amide bonds. The minimum atomic E-state index is -1.00. The van der Waals surface area contributed by atoms with E-state index in [4.69, 9.17) is 5.73 Å². The molecule has 0 unspecified atom stereocenters. The SMILES string of the molecule is N[C@H]1CCN([B]C=O)C[C@@H]1F. The van der Waals surface area contributed by atoms with Gasteiger partial charge in [0, 0.05) is 12.6 Å². The van der Waals surface area contributed by atoms with E-state index in [9.17, 15) is 9.18 Å². The third kappa shape index (κ3) is 2.27. The largest absolute Gasteiger partial charge is 0.337 e. The quantitative estimate of drug-likeness (QED) is 0.420. The number of alkyl halides is 1. The summed E-state index contributed by atoms with van der Waals surface area (Å²) in [6, 6.07) is -0.355. The van der Waals surface area contributed by atoms with Gasteiger partial charge in [0.1, 0.15) is 6.17 Å². The van der Waals surface area contributed by atoms with Gasteiger partial charge in [-0.1, -0.05) is 0 Å². The Kier molecular flexibility index (Phi) is 3.02. The van der Waals surface area contributed by atoms with Gasteiger partial charge < -0.3 is 15.3 Å². The van der Waals surface area contributed by atoms with Gasteiger partial charge in [-0.05, 0) is 13.0 Å². The molecule has 1 fully saturated rings. The summed E-state index contributed by atoms with van der Waals surface area (Å²) in [4.78, 5) is 11.7. The van der Waals surface area contributed by atoms with Gasteiger partial charge in [-0.15, -0.1) is 0 Å². The summed E-state index contributed by atoms with van der Waals surface area (Å²) in [5.41, 5.74) is 5.43. The van der Waals surface area contributed by atoms with E-state index in [-0.39, 0.29) is 12.6 Å². The van der Waals surface area contributed by atoms with E-state index in [1.807, 2.05) is 0 Å². The van der Waals surface area contributed by atoms with E-state index < -0.39 is 6.17 Å². The summed E-state index contributed by atoms with van der Waals surface area (Å²) in [6.45, 7) is 0.931. The molecule has 1 radical (unpaired) electrons. The van der Waals surface area contributed by atoms with Crippen molar-refractivity contribution in [1.29, 1.82) is 0 Å². The molecule has 3 nitrogen and oxygen atoms in total. The molecule has 0 aromatic carbocycles. The van der Waals surface area contributed by atoms with Gasteiger partial charge in [0.2, 0.25) is 0 Å². The first-order chi connectivity index (χ1) is 5.24. The van der Waals surface area contributed by atoms with E-state index in [1.165, 1.54) is 7.41 Å². The van der Waals surface area contributed by atoms with Gasteiger partial charge in [-0.25, -0.2) is 4.39 Å². The van der Waals surface area contributed by atoms with Crippen LogP contribution in [0.15, 0.2) is 0 Å². The summed E-state index contributed by atoms with van der Waals surface area (Å²) in [5.74, 6) is 0. The molecule has 0 saturated carbocycles. The van der Waals surface area contributed by atoms with Crippen molar-refractivity contribution in [3.63, 3.8) is 0 Å². The fourth-order valence-electron chi connectivity index (χ4n) is 1.17. The van der Waals surface area contributed by atoms with E-state index >= 15 is 0 Å². The van der Waals surface area contributed by atoms with Crippen molar-refractivity contribution in [1.82, 2.24) is 4.81 Å². The molecule has 5 heteroatoms.